The first kappa shape index (κ1) is 19.1. The average Bonchev–Trinajstić information content (AvgIpc) is 2.63. The van der Waals surface area contributed by atoms with Crippen molar-refractivity contribution in [2.24, 2.45) is 4.99 Å². The van der Waals surface area contributed by atoms with Gasteiger partial charge in [-0.2, -0.15) is 0 Å². The van der Waals surface area contributed by atoms with Crippen LogP contribution in [0.3, 0.4) is 0 Å². The Morgan fingerprint density at radius 1 is 1.12 bits per heavy atom. The molecule has 0 spiro atoms. The van der Waals surface area contributed by atoms with Crippen LogP contribution in [-0.4, -0.2) is 24.4 Å². The van der Waals surface area contributed by atoms with Crippen molar-refractivity contribution >= 4 is 34.6 Å². The summed E-state index contributed by atoms with van der Waals surface area (Å²) in [7, 11) is 0. The highest BCUT2D eigenvalue weighted by atomic mass is 127. The highest BCUT2D eigenvalue weighted by molar-refractivity contribution is 14.1. The molecule has 138 valence electrons. The second kappa shape index (κ2) is 8.81. The Hall–Kier alpha value is -1.67. The monoisotopic (exact) mass is 467 g/mol. The first-order chi connectivity index (χ1) is 12.5. The van der Waals surface area contributed by atoms with E-state index >= 15 is 0 Å². The summed E-state index contributed by atoms with van der Waals surface area (Å²) in [5, 5.41) is 2.20. The number of halogens is 2. The highest BCUT2D eigenvalue weighted by Gasteiger charge is 2.09. The molecule has 0 aromatic heterocycles. The minimum absolute atomic E-state index is 0.239. The van der Waals surface area contributed by atoms with Crippen molar-refractivity contribution in [2.75, 3.05) is 13.1 Å². The van der Waals surface area contributed by atoms with E-state index in [2.05, 4.69) is 15.4 Å². The third-order valence-electron chi connectivity index (χ3n) is 4.41. The van der Waals surface area contributed by atoms with Crippen LogP contribution in [0, 0.1) is 23.2 Å². The van der Waals surface area contributed by atoms with Crippen LogP contribution >= 0.6 is 22.6 Å². The molecule has 3 rings (SSSR count). The van der Waals surface area contributed by atoms with Crippen LogP contribution in [0.4, 0.5) is 10.1 Å². The zero-order valence-corrected chi connectivity index (χ0v) is 17.2. The predicted molar refractivity (Wildman–Crippen MR) is 112 cm³/mol. The number of hydrogen-bond donors (Lipinski definition) is 1. The first-order valence-corrected chi connectivity index (χ1v) is 9.88. The van der Waals surface area contributed by atoms with Gasteiger partial charge in [0, 0.05) is 13.1 Å². The molecule has 26 heavy (non-hydrogen) atoms. The van der Waals surface area contributed by atoms with E-state index in [1.807, 2.05) is 48.6 Å². The standard InChI is InChI=1S/C20H23FIN3O/c1-14-11-20(26-16-6-7-17(21)18(22)12-16)15(2)10-19(14)23-13-24-25-8-4-3-5-9-25/h6-7,10-13H,3-5,8-9H2,1-2H3,(H,23,24). The molecule has 1 saturated heterocycles. The number of benzene rings is 2. The SMILES string of the molecule is Cc1cc(Oc2ccc(F)c(I)c2)c(C)cc1/N=C/NN1CCCCC1. The second-order valence-electron chi connectivity index (χ2n) is 6.52. The van der Waals surface area contributed by atoms with Gasteiger partial charge in [0.1, 0.15) is 23.7 Å². The molecule has 1 heterocycles. The molecule has 2 aromatic carbocycles. The lowest BCUT2D eigenvalue weighted by molar-refractivity contribution is 0.197. The molecule has 0 atom stereocenters. The summed E-state index contributed by atoms with van der Waals surface area (Å²) in [4.78, 5) is 4.55. The Morgan fingerprint density at radius 2 is 1.88 bits per heavy atom. The number of nitrogens with zero attached hydrogens (tertiary/aromatic N) is 2. The van der Waals surface area contributed by atoms with Gasteiger partial charge in [0.05, 0.1) is 9.26 Å². The predicted octanol–water partition coefficient (Wildman–Crippen LogP) is 5.49. The minimum atomic E-state index is -0.239. The molecule has 0 radical (unpaired) electrons. The molecule has 0 saturated carbocycles. The Labute approximate surface area is 167 Å². The summed E-state index contributed by atoms with van der Waals surface area (Å²) in [5.41, 5.74) is 6.18. The van der Waals surface area contributed by atoms with E-state index in [4.69, 9.17) is 4.74 Å². The lowest BCUT2D eigenvalue weighted by Crippen LogP contribution is -2.40. The fourth-order valence-electron chi connectivity index (χ4n) is 2.89. The summed E-state index contributed by atoms with van der Waals surface area (Å²) in [6.07, 6.45) is 5.53. The number of ether oxygens (including phenoxy) is 1. The zero-order chi connectivity index (χ0) is 18.5. The van der Waals surface area contributed by atoms with Crippen molar-refractivity contribution in [3.8, 4) is 11.5 Å². The van der Waals surface area contributed by atoms with E-state index in [9.17, 15) is 4.39 Å². The number of aliphatic imine (C=N–C) groups is 1. The molecule has 0 bridgehead atoms. The number of hydrogen-bond acceptors (Lipinski definition) is 3. The number of piperidine rings is 1. The van der Waals surface area contributed by atoms with Crippen molar-refractivity contribution in [2.45, 2.75) is 33.1 Å². The number of rotatable bonds is 5. The maximum atomic E-state index is 13.4. The van der Waals surface area contributed by atoms with Gasteiger partial charge in [0.15, 0.2) is 0 Å². The molecule has 4 nitrogen and oxygen atoms in total. The topological polar surface area (TPSA) is 36.9 Å². The lowest BCUT2D eigenvalue weighted by Gasteiger charge is -2.25. The summed E-state index contributed by atoms with van der Waals surface area (Å²) in [6, 6.07) is 8.73. The van der Waals surface area contributed by atoms with Gasteiger partial charge in [-0.15, -0.1) is 0 Å². The van der Waals surface area contributed by atoms with E-state index in [1.165, 1.54) is 25.3 Å². The summed E-state index contributed by atoms with van der Waals surface area (Å²) < 4.78 is 19.9. The van der Waals surface area contributed by atoms with Crippen LogP contribution in [0.5, 0.6) is 11.5 Å². The Morgan fingerprint density at radius 3 is 2.62 bits per heavy atom. The summed E-state index contributed by atoms with van der Waals surface area (Å²) >= 11 is 1.96. The fraction of sp³-hybridized carbons (Fsp3) is 0.350. The van der Waals surface area contributed by atoms with Crippen molar-refractivity contribution in [1.29, 1.82) is 0 Å². The Bertz CT molecular complexity index is 804. The molecule has 6 heteroatoms. The molecular formula is C20H23FIN3O. The normalized spacial score (nSPS) is 15.4. The molecule has 1 N–H and O–H groups in total. The quantitative estimate of drug-likeness (QED) is 0.359. The summed E-state index contributed by atoms with van der Waals surface area (Å²) in [5.74, 6) is 1.14. The van der Waals surface area contributed by atoms with Crippen LogP contribution < -0.4 is 10.2 Å². The van der Waals surface area contributed by atoms with Crippen molar-refractivity contribution in [3.63, 3.8) is 0 Å². The van der Waals surface area contributed by atoms with Gasteiger partial charge in [-0.05, 0) is 90.7 Å². The smallest absolute Gasteiger partial charge is 0.136 e. The fourth-order valence-corrected chi connectivity index (χ4v) is 3.38. The van der Waals surface area contributed by atoms with Gasteiger partial charge in [-0.3, -0.25) is 0 Å². The average molecular weight is 467 g/mol. The van der Waals surface area contributed by atoms with E-state index in [-0.39, 0.29) is 5.82 Å². The van der Waals surface area contributed by atoms with Crippen LogP contribution in [0.25, 0.3) is 0 Å². The van der Waals surface area contributed by atoms with Crippen molar-refractivity contribution in [3.05, 3.63) is 50.8 Å². The maximum absolute atomic E-state index is 13.4. The van der Waals surface area contributed by atoms with Gasteiger partial charge in [-0.1, -0.05) is 6.42 Å². The zero-order valence-electron chi connectivity index (χ0n) is 15.1. The van der Waals surface area contributed by atoms with Gasteiger partial charge in [0.2, 0.25) is 0 Å². The van der Waals surface area contributed by atoms with Crippen LogP contribution in [0.15, 0.2) is 35.3 Å². The highest BCUT2D eigenvalue weighted by Crippen LogP contribution is 2.32. The lowest BCUT2D eigenvalue weighted by atomic mass is 10.1. The summed E-state index contributed by atoms with van der Waals surface area (Å²) in [6.45, 7) is 6.12. The molecule has 2 aromatic rings. The molecular weight excluding hydrogens is 444 g/mol. The van der Waals surface area contributed by atoms with Crippen LogP contribution in [0.2, 0.25) is 0 Å². The van der Waals surface area contributed by atoms with Crippen molar-refractivity contribution in [1.82, 2.24) is 10.4 Å². The second-order valence-corrected chi connectivity index (χ2v) is 7.68. The van der Waals surface area contributed by atoms with Gasteiger partial charge in [0.25, 0.3) is 0 Å². The molecule has 1 fully saturated rings. The van der Waals surface area contributed by atoms with E-state index in [0.717, 1.165) is 35.7 Å². The number of hydrazine groups is 1. The number of aryl methyl sites for hydroxylation is 2. The number of nitrogens with one attached hydrogen (secondary N) is 1. The third-order valence-corrected chi connectivity index (χ3v) is 5.24. The Balaban J connectivity index is 1.69. The molecule has 0 amide bonds. The van der Waals surface area contributed by atoms with Gasteiger partial charge in [-0.25, -0.2) is 14.4 Å². The van der Waals surface area contributed by atoms with Gasteiger partial charge < -0.3 is 10.2 Å². The molecule has 1 aliphatic rings. The Kier molecular flexibility index (Phi) is 6.48. The molecule has 0 unspecified atom stereocenters. The third kappa shape index (κ3) is 4.94. The van der Waals surface area contributed by atoms with E-state index < -0.39 is 0 Å². The van der Waals surface area contributed by atoms with E-state index in [1.54, 1.807) is 18.5 Å². The largest absolute Gasteiger partial charge is 0.457 e. The van der Waals surface area contributed by atoms with Crippen LogP contribution in [-0.2, 0) is 0 Å². The first-order valence-electron chi connectivity index (χ1n) is 8.81. The molecule has 1 aliphatic heterocycles. The van der Waals surface area contributed by atoms with Crippen LogP contribution in [0.1, 0.15) is 30.4 Å². The maximum Gasteiger partial charge on any atom is 0.136 e. The minimum Gasteiger partial charge on any atom is -0.457 e. The van der Waals surface area contributed by atoms with Gasteiger partial charge >= 0.3 is 0 Å². The molecule has 0 aliphatic carbocycles. The van der Waals surface area contributed by atoms with Crippen molar-refractivity contribution < 1.29 is 9.13 Å². The van der Waals surface area contributed by atoms with E-state index in [0.29, 0.717) is 9.32 Å².